The van der Waals surface area contributed by atoms with Crippen LogP contribution >= 0.6 is 0 Å². The van der Waals surface area contributed by atoms with Gasteiger partial charge >= 0.3 is 5.97 Å². The van der Waals surface area contributed by atoms with Crippen molar-refractivity contribution in [3.63, 3.8) is 0 Å². The van der Waals surface area contributed by atoms with Crippen molar-refractivity contribution in [2.24, 2.45) is 0 Å². The number of carboxylic acid groups (broad SMARTS) is 1. The Labute approximate surface area is 114 Å². The molecule has 0 atom stereocenters. The number of aromatic hydroxyl groups is 1. The Morgan fingerprint density at radius 1 is 1.45 bits per heavy atom. The summed E-state index contributed by atoms with van der Waals surface area (Å²) >= 11 is 0. The van der Waals surface area contributed by atoms with E-state index in [1.165, 1.54) is 6.20 Å². The highest BCUT2D eigenvalue weighted by Crippen LogP contribution is 2.30. The molecule has 2 heterocycles. The maximum atomic E-state index is 11.2. The van der Waals surface area contributed by atoms with Crippen LogP contribution in [-0.2, 0) is 9.84 Å². The largest absolute Gasteiger partial charge is 0.504 e. The normalized spacial score (nSPS) is 11.4. The van der Waals surface area contributed by atoms with Gasteiger partial charge in [0.25, 0.3) is 0 Å². The molecule has 20 heavy (non-hydrogen) atoms. The van der Waals surface area contributed by atoms with Gasteiger partial charge in [-0.1, -0.05) is 0 Å². The second-order valence-corrected chi connectivity index (χ2v) is 6.25. The first-order valence-electron chi connectivity index (χ1n) is 5.42. The molecule has 0 saturated heterocycles. The topological polar surface area (TPSA) is 129 Å². The highest BCUT2D eigenvalue weighted by molar-refractivity contribution is 7.90. The molecular formula is C11H11N3O5S. The zero-order valence-electron chi connectivity index (χ0n) is 10.4. The lowest BCUT2D eigenvalue weighted by atomic mass is 10.2. The number of nitrogens with zero attached hydrogens (tertiary/aromatic N) is 2. The summed E-state index contributed by atoms with van der Waals surface area (Å²) in [5, 5.41) is 21.7. The van der Waals surface area contributed by atoms with Crippen molar-refractivity contribution in [2.75, 3.05) is 17.4 Å². The molecule has 3 N–H and O–H groups in total. The molecule has 2 aromatic heterocycles. The van der Waals surface area contributed by atoms with Gasteiger partial charge in [-0.3, -0.25) is 4.98 Å². The third-order valence-electron chi connectivity index (χ3n) is 2.44. The molecule has 0 amide bonds. The lowest BCUT2D eigenvalue weighted by Gasteiger charge is -2.10. The van der Waals surface area contributed by atoms with E-state index in [2.05, 4.69) is 15.3 Å². The van der Waals surface area contributed by atoms with Gasteiger partial charge in [0.1, 0.15) is 17.2 Å². The average molecular weight is 297 g/mol. The minimum Gasteiger partial charge on any atom is -0.504 e. The van der Waals surface area contributed by atoms with Gasteiger partial charge in [0.2, 0.25) is 0 Å². The van der Waals surface area contributed by atoms with Crippen LogP contribution in [0.15, 0.2) is 18.3 Å². The van der Waals surface area contributed by atoms with Crippen molar-refractivity contribution in [3.8, 4) is 5.75 Å². The third kappa shape index (κ3) is 2.77. The number of hydrogen-bond donors (Lipinski definition) is 3. The van der Waals surface area contributed by atoms with Crippen LogP contribution < -0.4 is 5.32 Å². The highest BCUT2D eigenvalue weighted by atomic mass is 32.2. The second-order valence-electron chi connectivity index (χ2n) is 4.11. The number of aromatic nitrogens is 2. The Kier molecular flexibility index (Phi) is 3.45. The Morgan fingerprint density at radius 3 is 2.75 bits per heavy atom. The van der Waals surface area contributed by atoms with Crippen LogP contribution in [0, 0.1) is 0 Å². The SMILES string of the molecule is CS(=O)(=O)CNc1nc(C(=O)O)c(O)c2ncccc12. The molecule has 0 aliphatic rings. The van der Waals surface area contributed by atoms with E-state index in [1.807, 2.05) is 0 Å². The molecule has 9 heteroatoms. The van der Waals surface area contributed by atoms with E-state index in [-0.39, 0.29) is 11.3 Å². The van der Waals surface area contributed by atoms with Crippen LogP contribution in [0.1, 0.15) is 10.5 Å². The molecule has 8 nitrogen and oxygen atoms in total. The number of aromatic carboxylic acids is 1. The predicted octanol–water partition coefficient (Wildman–Crippen LogP) is 0.448. The second kappa shape index (κ2) is 4.93. The fraction of sp³-hybridized carbons (Fsp3) is 0.182. The van der Waals surface area contributed by atoms with E-state index in [4.69, 9.17) is 5.11 Å². The van der Waals surface area contributed by atoms with Crippen molar-refractivity contribution in [1.82, 2.24) is 9.97 Å². The molecule has 0 saturated carbocycles. The molecule has 106 valence electrons. The number of carbonyl (C=O) groups is 1. The Bertz CT molecular complexity index is 788. The lowest BCUT2D eigenvalue weighted by molar-refractivity contribution is 0.0687. The van der Waals surface area contributed by atoms with E-state index < -0.39 is 33.1 Å². The summed E-state index contributed by atoms with van der Waals surface area (Å²) in [5.41, 5.74) is -0.553. The van der Waals surface area contributed by atoms with Gasteiger partial charge in [0.15, 0.2) is 21.3 Å². The number of sulfone groups is 1. The fourth-order valence-corrected chi connectivity index (χ4v) is 2.00. The van der Waals surface area contributed by atoms with Crippen molar-refractivity contribution in [1.29, 1.82) is 0 Å². The molecule has 0 aliphatic heterocycles. The maximum Gasteiger partial charge on any atom is 0.358 e. The zero-order valence-corrected chi connectivity index (χ0v) is 11.2. The monoisotopic (exact) mass is 297 g/mol. The van der Waals surface area contributed by atoms with E-state index in [0.29, 0.717) is 5.39 Å². The summed E-state index contributed by atoms with van der Waals surface area (Å²) < 4.78 is 22.3. The van der Waals surface area contributed by atoms with Gasteiger partial charge in [0, 0.05) is 17.8 Å². The van der Waals surface area contributed by atoms with Crippen LogP contribution in [0.2, 0.25) is 0 Å². The van der Waals surface area contributed by atoms with E-state index >= 15 is 0 Å². The maximum absolute atomic E-state index is 11.2. The smallest absolute Gasteiger partial charge is 0.358 e. The summed E-state index contributed by atoms with van der Waals surface area (Å²) in [5.74, 6) is -2.36. The number of nitrogens with one attached hydrogen (secondary N) is 1. The van der Waals surface area contributed by atoms with Gasteiger partial charge in [0.05, 0.1) is 0 Å². The molecular weight excluding hydrogens is 286 g/mol. The molecule has 2 rings (SSSR count). The van der Waals surface area contributed by atoms with Crippen molar-refractivity contribution >= 4 is 32.5 Å². The third-order valence-corrected chi connectivity index (χ3v) is 3.11. The predicted molar refractivity (Wildman–Crippen MR) is 71.5 cm³/mol. The first kappa shape index (κ1) is 14.0. The van der Waals surface area contributed by atoms with Gasteiger partial charge in [-0.2, -0.15) is 0 Å². The Morgan fingerprint density at radius 2 is 2.15 bits per heavy atom. The summed E-state index contributed by atoms with van der Waals surface area (Å²) in [7, 11) is -3.32. The Balaban J connectivity index is 2.63. The minimum absolute atomic E-state index is 0.0359. The minimum atomic E-state index is -3.32. The number of hydrogen-bond acceptors (Lipinski definition) is 7. The van der Waals surface area contributed by atoms with Gasteiger partial charge in [-0.05, 0) is 12.1 Å². The Hall–Kier alpha value is -2.42. The summed E-state index contributed by atoms with van der Waals surface area (Å²) in [6.07, 6.45) is 2.41. The lowest BCUT2D eigenvalue weighted by Crippen LogP contribution is -2.15. The highest BCUT2D eigenvalue weighted by Gasteiger charge is 2.19. The average Bonchev–Trinajstić information content (AvgIpc) is 2.37. The van der Waals surface area contributed by atoms with Crippen molar-refractivity contribution in [3.05, 3.63) is 24.0 Å². The zero-order chi connectivity index (χ0) is 14.9. The van der Waals surface area contributed by atoms with Gasteiger partial charge in [-0.25, -0.2) is 18.2 Å². The van der Waals surface area contributed by atoms with Crippen LogP contribution in [-0.4, -0.2) is 46.7 Å². The van der Waals surface area contributed by atoms with E-state index in [0.717, 1.165) is 6.26 Å². The van der Waals surface area contributed by atoms with Crippen LogP contribution in [0.25, 0.3) is 10.9 Å². The number of carboxylic acids is 1. The molecule has 0 aliphatic carbocycles. The first-order chi connectivity index (χ1) is 9.29. The first-order valence-corrected chi connectivity index (χ1v) is 7.48. The summed E-state index contributed by atoms with van der Waals surface area (Å²) in [6.45, 7) is 0. The molecule has 0 bridgehead atoms. The van der Waals surface area contributed by atoms with E-state index in [1.54, 1.807) is 12.1 Å². The number of pyridine rings is 2. The number of anilines is 1. The number of rotatable bonds is 4. The van der Waals surface area contributed by atoms with Crippen LogP contribution in [0.3, 0.4) is 0 Å². The summed E-state index contributed by atoms with van der Waals surface area (Å²) in [4.78, 5) is 18.6. The van der Waals surface area contributed by atoms with Gasteiger partial charge < -0.3 is 15.5 Å². The molecule has 0 fully saturated rings. The van der Waals surface area contributed by atoms with Crippen LogP contribution in [0.4, 0.5) is 5.82 Å². The molecule has 0 aromatic carbocycles. The molecule has 0 spiro atoms. The quantitative estimate of drug-likeness (QED) is 0.741. The van der Waals surface area contributed by atoms with Gasteiger partial charge in [-0.15, -0.1) is 0 Å². The molecule has 2 aromatic rings. The van der Waals surface area contributed by atoms with Crippen molar-refractivity contribution < 1.29 is 23.4 Å². The standard InChI is InChI=1S/C11H11N3O5S/c1-20(18,19)5-13-10-6-3-2-4-12-7(6)9(15)8(14-10)11(16)17/h2-4,15H,5H2,1H3,(H,13,14)(H,16,17). The van der Waals surface area contributed by atoms with Crippen molar-refractivity contribution in [2.45, 2.75) is 0 Å². The number of fused-ring (bicyclic) bond motifs is 1. The molecule has 0 radical (unpaired) electrons. The molecule has 0 unspecified atom stereocenters. The van der Waals surface area contributed by atoms with E-state index in [9.17, 15) is 18.3 Å². The summed E-state index contributed by atoms with van der Waals surface area (Å²) in [6, 6.07) is 3.11. The van der Waals surface area contributed by atoms with Crippen LogP contribution in [0.5, 0.6) is 5.75 Å². The fourth-order valence-electron chi connectivity index (χ4n) is 1.61.